The van der Waals surface area contributed by atoms with Crippen molar-refractivity contribution >= 4 is 29.2 Å². The van der Waals surface area contributed by atoms with Gasteiger partial charge in [0.1, 0.15) is 6.54 Å². The number of halogens is 3. The van der Waals surface area contributed by atoms with E-state index in [1.165, 1.54) is 15.9 Å². The van der Waals surface area contributed by atoms with Crippen LogP contribution in [0.5, 0.6) is 0 Å². The van der Waals surface area contributed by atoms with Crippen molar-refractivity contribution in [2.24, 2.45) is 0 Å². The summed E-state index contributed by atoms with van der Waals surface area (Å²) in [7, 11) is 0. The van der Waals surface area contributed by atoms with Crippen molar-refractivity contribution in [2.45, 2.75) is 6.54 Å². The summed E-state index contributed by atoms with van der Waals surface area (Å²) in [4.78, 5) is 27.1. The molecule has 1 N–H and O–H groups in total. The fourth-order valence-electron chi connectivity index (χ4n) is 2.65. The Hall–Kier alpha value is -2.67. The van der Waals surface area contributed by atoms with Crippen molar-refractivity contribution in [1.29, 1.82) is 0 Å². The number of anilines is 1. The largest absolute Gasteiger partial charge is 0.350 e. The Morgan fingerprint density at radius 1 is 1.08 bits per heavy atom. The Bertz CT molecular complexity index is 830. The molecule has 3 amide bonds. The molecule has 2 aromatic rings. The quantitative estimate of drug-likeness (QED) is 0.867. The Balaban J connectivity index is 1.55. The maximum atomic E-state index is 13.4. The number of carbonyl (C=O) groups is 2. The smallest absolute Gasteiger partial charge is 0.325 e. The number of nitrogens with one attached hydrogen (secondary N) is 1. The van der Waals surface area contributed by atoms with E-state index in [-0.39, 0.29) is 18.1 Å². The predicted molar refractivity (Wildman–Crippen MR) is 94.0 cm³/mol. The van der Waals surface area contributed by atoms with E-state index in [9.17, 15) is 18.4 Å². The summed E-state index contributed by atoms with van der Waals surface area (Å²) in [5.74, 6) is -2.30. The van der Waals surface area contributed by atoms with E-state index in [0.29, 0.717) is 24.7 Å². The molecule has 8 heteroatoms. The minimum Gasteiger partial charge on any atom is -0.350 e. The maximum Gasteiger partial charge on any atom is 0.325 e. The zero-order chi connectivity index (χ0) is 18.7. The lowest BCUT2D eigenvalue weighted by atomic mass is 10.2. The summed E-state index contributed by atoms with van der Waals surface area (Å²) >= 11 is 5.81. The molecule has 0 saturated carbocycles. The normalized spacial score (nSPS) is 14.0. The fraction of sp³-hybridized carbons (Fsp3) is 0.222. The van der Waals surface area contributed by atoms with Crippen LogP contribution < -0.4 is 10.2 Å². The number of hydrogen-bond acceptors (Lipinski definition) is 2. The third kappa shape index (κ3) is 4.11. The summed E-state index contributed by atoms with van der Waals surface area (Å²) in [6.07, 6.45) is 0. The van der Waals surface area contributed by atoms with Crippen LogP contribution in [0, 0.1) is 11.6 Å². The highest BCUT2D eigenvalue weighted by Gasteiger charge is 2.31. The van der Waals surface area contributed by atoms with Gasteiger partial charge in [0.2, 0.25) is 5.91 Å². The topological polar surface area (TPSA) is 52.7 Å². The summed E-state index contributed by atoms with van der Waals surface area (Å²) < 4.78 is 26.4. The Kier molecular flexibility index (Phi) is 5.37. The van der Waals surface area contributed by atoms with Crippen LogP contribution in [0.4, 0.5) is 19.3 Å². The van der Waals surface area contributed by atoms with Gasteiger partial charge in [0.15, 0.2) is 11.6 Å². The highest BCUT2D eigenvalue weighted by atomic mass is 35.5. The van der Waals surface area contributed by atoms with Crippen LogP contribution in [0.25, 0.3) is 0 Å². The molecule has 0 spiro atoms. The second kappa shape index (κ2) is 7.70. The molecule has 0 unspecified atom stereocenters. The van der Waals surface area contributed by atoms with Crippen LogP contribution in [0.3, 0.4) is 0 Å². The minimum atomic E-state index is -1.02. The summed E-state index contributed by atoms with van der Waals surface area (Å²) in [6.45, 7) is 0.845. The maximum absolute atomic E-state index is 13.4. The van der Waals surface area contributed by atoms with E-state index < -0.39 is 17.7 Å². The van der Waals surface area contributed by atoms with E-state index >= 15 is 0 Å². The molecular weight excluding hydrogens is 364 g/mol. The van der Waals surface area contributed by atoms with Gasteiger partial charge in [0.25, 0.3) is 0 Å². The van der Waals surface area contributed by atoms with Gasteiger partial charge in [-0.25, -0.2) is 13.6 Å². The van der Waals surface area contributed by atoms with Gasteiger partial charge >= 0.3 is 6.03 Å². The minimum absolute atomic E-state index is 0.105. The average molecular weight is 380 g/mol. The van der Waals surface area contributed by atoms with E-state index in [0.717, 1.165) is 17.7 Å². The van der Waals surface area contributed by atoms with Gasteiger partial charge in [0, 0.05) is 36.4 Å². The molecule has 2 aromatic carbocycles. The molecule has 5 nitrogen and oxygen atoms in total. The van der Waals surface area contributed by atoms with Gasteiger partial charge < -0.3 is 10.2 Å². The van der Waals surface area contributed by atoms with Crippen molar-refractivity contribution in [3.63, 3.8) is 0 Å². The molecule has 0 aliphatic carbocycles. The number of benzene rings is 2. The molecule has 1 fully saturated rings. The molecule has 1 heterocycles. The van der Waals surface area contributed by atoms with E-state index in [1.807, 2.05) is 0 Å². The second-order valence-corrected chi connectivity index (χ2v) is 6.29. The predicted octanol–water partition coefficient (Wildman–Crippen LogP) is 3.18. The van der Waals surface area contributed by atoms with Gasteiger partial charge in [-0.1, -0.05) is 23.7 Å². The lowest BCUT2D eigenvalue weighted by Crippen LogP contribution is -2.39. The highest BCUT2D eigenvalue weighted by molar-refractivity contribution is 6.30. The second-order valence-electron chi connectivity index (χ2n) is 5.86. The van der Waals surface area contributed by atoms with Crippen molar-refractivity contribution < 1.29 is 18.4 Å². The molecule has 1 aliphatic heterocycles. The lowest BCUT2D eigenvalue weighted by Gasteiger charge is -2.18. The van der Waals surface area contributed by atoms with Crippen molar-refractivity contribution in [1.82, 2.24) is 10.2 Å². The first-order valence-electron chi connectivity index (χ1n) is 7.96. The molecule has 0 aromatic heterocycles. The zero-order valence-electron chi connectivity index (χ0n) is 13.7. The first-order chi connectivity index (χ1) is 12.4. The first kappa shape index (κ1) is 18.1. The van der Waals surface area contributed by atoms with E-state index in [2.05, 4.69) is 5.32 Å². The number of urea groups is 1. The van der Waals surface area contributed by atoms with Crippen molar-refractivity contribution in [3.8, 4) is 0 Å². The summed E-state index contributed by atoms with van der Waals surface area (Å²) in [5, 5.41) is 3.34. The van der Waals surface area contributed by atoms with Crippen LogP contribution in [0.2, 0.25) is 5.02 Å². The third-order valence-electron chi connectivity index (χ3n) is 4.05. The lowest BCUT2D eigenvalue weighted by molar-refractivity contribution is -0.121. The number of rotatable bonds is 5. The van der Waals surface area contributed by atoms with Crippen molar-refractivity contribution in [3.05, 3.63) is 64.7 Å². The molecule has 3 rings (SSSR count). The standard InChI is InChI=1S/C18H16ClF2N3O2/c19-13-3-1-12(2-4-13)10-22-17(25)11-23-7-8-24(18(23)26)14-5-6-15(20)16(21)9-14/h1-6,9H,7-8,10-11H2,(H,22,25). The zero-order valence-corrected chi connectivity index (χ0v) is 14.5. The number of hydrogen-bond donors (Lipinski definition) is 1. The molecule has 0 radical (unpaired) electrons. The summed E-state index contributed by atoms with van der Waals surface area (Å²) in [6, 6.07) is 9.91. The first-order valence-corrected chi connectivity index (χ1v) is 8.34. The Morgan fingerprint density at radius 2 is 1.81 bits per heavy atom. The van der Waals surface area contributed by atoms with Gasteiger partial charge in [-0.05, 0) is 29.8 Å². The fourth-order valence-corrected chi connectivity index (χ4v) is 2.78. The van der Waals surface area contributed by atoms with Gasteiger partial charge in [-0.15, -0.1) is 0 Å². The number of nitrogens with zero attached hydrogens (tertiary/aromatic N) is 2. The average Bonchev–Trinajstić information content (AvgIpc) is 2.97. The van der Waals surface area contributed by atoms with Crippen LogP contribution in [-0.2, 0) is 11.3 Å². The summed E-state index contributed by atoms with van der Waals surface area (Å²) in [5.41, 5.74) is 1.15. The van der Waals surface area contributed by atoms with Crippen LogP contribution in [0.15, 0.2) is 42.5 Å². The van der Waals surface area contributed by atoms with Crippen LogP contribution >= 0.6 is 11.6 Å². The van der Waals surface area contributed by atoms with Gasteiger partial charge in [0.05, 0.1) is 0 Å². The molecule has 1 aliphatic rings. The van der Waals surface area contributed by atoms with Crippen LogP contribution in [-0.4, -0.2) is 36.5 Å². The number of amides is 3. The molecule has 0 atom stereocenters. The molecule has 1 saturated heterocycles. The Morgan fingerprint density at radius 3 is 2.50 bits per heavy atom. The Labute approximate surface area is 154 Å². The number of carbonyl (C=O) groups excluding carboxylic acids is 2. The van der Waals surface area contributed by atoms with E-state index in [1.54, 1.807) is 24.3 Å². The molecule has 0 bridgehead atoms. The molecule has 136 valence electrons. The van der Waals surface area contributed by atoms with Crippen LogP contribution in [0.1, 0.15) is 5.56 Å². The highest BCUT2D eigenvalue weighted by Crippen LogP contribution is 2.22. The SMILES string of the molecule is O=C(CN1CCN(c2ccc(F)c(F)c2)C1=O)NCc1ccc(Cl)cc1. The van der Waals surface area contributed by atoms with Gasteiger partial charge in [-0.3, -0.25) is 9.69 Å². The third-order valence-corrected chi connectivity index (χ3v) is 4.30. The van der Waals surface area contributed by atoms with Crippen molar-refractivity contribution in [2.75, 3.05) is 24.5 Å². The monoisotopic (exact) mass is 379 g/mol. The molecule has 26 heavy (non-hydrogen) atoms. The molecular formula is C18H16ClF2N3O2. The van der Waals surface area contributed by atoms with Gasteiger partial charge in [-0.2, -0.15) is 0 Å². The van der Waals surface area contributed by atoms with E-state index in [4.69, 9.17) is 11.6 Å².